The Bertz CT molecular complexity index is 505. The van der Waals surface area contributed by atoms with Crippen LogP contribution >= 0.6 is 0 Å². The first kappa shape index (κ1) is 9.64. The maximum atomic E-state index is 13.4. The molecule has 1 heterocycles. The Balaban J connectivity index is 2.59. The van der Waals surface area contributed by atoms with Gasteiger partial charge in [-0.25, -0.2) is 8.78 Å². The topological polar surface area (TPSA) is 43.8 Å². The van der Waals surface area contributed by atoms with Crippen molar-refractivity contribution < 1.29 is 8.78 Å². The number of halogens is 2. The van der Waals surface area contributed by atoms with Gasteiger partial charge in [0.25, 0.3) is 0 Å². The highest BCUT2D eigenvalue weighted by Crippen LogP contribution is 2.26. The van der Waals surface area contributed by atoms with Crippen LogP contribution in [-0.2, 0) is 7.05 Å². The van der Waals surface area contributed by atoms with Gasteiger partial charge in [0.1, 0.15) is 17.3 Å². The predicted octanol–water partition coefficient (Wildman–Crippen LogP) is 1.95. The molecule has 0 atom stereocenters. The van der Waals surface area contributed by atoms with E-state index in [2.05, 4.69) is 5.10 Å². The highest BCUT2D eigenvalue weighted by atomic mass is 19.1. The average Bonchev–Trinajstić information content (AvgIpc) is 2.45. The molecule has 1 aromatic carbocycles. The Morgan fingerprint density at radius 2 is 2.07 bits per heavy atom. The number of benzene rings is 1. The molecule has 0 aliphatic rings. The van der Waals surface area contributed by atoms with Gasteiger partial charge in [0.05, 0.1) is 5.69 Å². The summed E-state index contributed by atoms with van der Waals surface area (Å²) in [7, 11) is 1.68. The van der Waals surface area contributed by atoms with Crippen LogP contribution in [0.3, 0.4) is 0 Å². The number of aromatic nitrogens is 2. The molecule has 2 aromatic rings. The number of aryl methyl sites for hydroxylation is 1. The van der Waals surface area contributed by atoms with Crippen molar-refractivity contribution in [3.8, 4) is 11.3 Å². The molecule has 1 aromatic heterocycles. The van der Waals surface area contributed by atoms with Gasteiger partial charge in [-0.2, -0.15) is 5.10 Å². The van der Waals surface area contributed by atoms with E-state index in [1.165, 1.54) is 16.8 Å². The highest BCUT2D eigenvalue weighted by Gasteiger charge is 2.12. The number of nitrogens with two attached hydrogens (primary N) is 1. The lowest BCUT2D eigenvalue weighted by atomic mass is 10.1. The zero-order valence-electron chi connectivity index (χ0n) is 8.04. The summed E-state index contributed by atoms with van der Waals surface area (Å²) in [5, 5.41) is 4.00. The Hall–Kier alpha value is -1.91. The summed E-state index contributed by atoms with van der Waals surface area (Å²) in [6.07, 6.45) is 1.57. The number of rotatable bonds is 1. The van der Waals surface area contributed by atoms with E-state index in [-0.39, 0.29) is 5.56 Å². The molecule has 0 spiro atoms. The number of anilines is 1. The summed E-state index contributed by atoms with van der Waals surface area (Å²) in [6.45, 7) is 0. The van der Waals surface area contributed by atoms with Gasteiger partial charge in [0.2, 0.25) is 0 Å². The van der Waals surface area contributed by atoms with Crippen LogP contribution < -0.4 is 5.73 Å². The van der Waals surface area contributed by atoms with Crippen LogP contribution in [0.15, 0.2) is 24.4 Å². The Morgan fingerprint density at radius 3 is 2.60 bits per heavy atom. The number of hydrogen-bond acceptors (Lipinski definition) is 2. The molecule has 0 saturated carbocycles. The first-order valence-electron chi connectivity index (χ1n) is 4.32. The van der Waals surface area contributed by atoms with Gasteiger partial charge in [-0.15, -0.1) is 0 Å². The summed E-state index contributed by atoms with van der Waals surface area (Å²) in [5.74, 6) is -1.29. The van der Waals surface area contributed by atoms with Crippen LogP contribution in [0.2, 0.25) is 0 Å². The Labute approximate surface area is 85.1 Å². The van der Waals surface area contributed by atoms with Crippen molar-refractivity contribution in [2.24, 2.45) is 7.05 Å². The molecule has 3 nitrogen and oxygen atoms in total. The highest BCUT2D eigenvalue weighted by molar-refractivity contribution is 5.72. The number of nitrogens with zero attached hydrogens (tertiary/aromatic N) is 2. The maximum Gasteiger partial charge on any atom is 0.135 e. The van der Waals surface area contributed by atoms with Gasteiger partial charge >= 0.3 is 0 Å². The van der Waals surface area contributed by atoms with E-state index in [1.807, 2.05) is 0 Å². The second-order valence-corrected chi connectivity index (χ2v) is 3.23. The van der Waals surface area contributed by atoms with E-state index in [0.29, 0.717) is 11.4 Å². The molecule has 2 rings (SSSR count). The minimum absolute atomic E-state index is 0.203. The average molecular weight is 209 g/mol. The van der Waals surface area contributed by atoms with E-state index in [1.54, 1.807) is 13.2 Å². The third-order valence-electron chi connectivity index (χ3n) is 2.04. The summed E-state index contributed by atoms with van der Waals surface area (Å²) in [5.41, 5.74) is 6.53. The largest absolute Gasteiger partial charge is 0.396 e. The van der Waals surface area contributed by atoms with Gasteiger partial charge in [0.15, 0.2) is 0 Å². The molecule has 2 N–H and O–H groups in total. The third kappa shape index (κ3) is 1.68. The van der Waals surface area contributed by atoms with Crippen LogP contribution in [0.5, 0.6) is 0 Å². The molecule has 0 bridgehead atoms. The van der Waals surface area contributed by atoms with Crippen LogP contribution in [0.1, 0.15) is 0 Å². The molecule has 0 amide bonds. The normalized spacial score (nSPS) is 10.6. The first-order valence-corrected chi connectivity index (χ1v) is 4.32. The van der Waals surface area contributed by atoms with E-state index in [4.69, 9.17) is 5.73 Å². The summed E-state index contributed by atoms with van der Waals surface area (Å²) in [4.78, 5) is 0. The molecule has 15 heavy (non-hydrogen) atoms. The second kappa shape index (κ2) is 3.34. The number of nitrogen functional groups attached to an aromatic ring is 1. The zero-order valence-corrected chi connectivity index (χ0v) is 8.04. The van der Waals surface area contributed by atoms with Crippen molar-refractivity contribution in [3.63, 3.8) is 0 Å². The fraction of sp³-hybridized carbons (Fsp3) is 0.100. The summed E-state index contributed by atoms with van der Waals surface area (Å²) >= 11 is 0. The van der Waals surface area contributed by atoms with E-state index >= 15 is 0 Å². The van der Waals surface area contributed by atoms with Gasteiger partial charge < -0.3 is 5.73 Å². The lowest BCUT2D eigenvalue weighted by Crippen LogP contribution is -1.92. The second-order valence-electron chi connectivity index (χ2n) is 3.23. The first-order chi connectivity index (χ1) is 7.08. The van der Waals surface area contributed by atoms with Gasteiger partial charge in [-0.3, -0.25) is 4.68 Å². The summed E-state index contributed by atoms with van der Waals surface area (Å²) < 4.78 is 27.5. The molecule has 78 valence electrons. The molecule has 0 radical (unpaired) electrons. The number of hydrogen-bond donors (Lipinski definition) is 1. The lowest BCUT2D eigenvalue weighted by molar-refractivity contribution is 0.585. The van der Waals surface area contributed by atoms with Gasteiger partial charge in [0, 0.05) is 24.9 Å². The SMILES string of the molecule is Cn1cc(N)c(-c2ccc(F)cc2F)n1. The molecule has 0 aliphatic carbocycles. The minimum Gasteiger partial charge on any atom is -0.396 e. The van der Waals surface area contributed by atoms with Crippen LogP contribution in [-0.4, -0.2) is 9.78 Å². The van der Waals surface area contributed by atoms with E-state index in [9.17, 15) is 8.78 Å². The standard InChI is InChI=1S/C10H9F2N3/c1-15-5-9(13)10(14-15)7-3-2-6(11)4-8(7)12/h2-5H,13H2,1H3. The van der Waals surface area contributed by atoms with Gasteiger partial charge in [-0.05, 0) is 12.1 Å². The monoisotopic (exact) mass is 209 g/mol. The molecule has 0 saturated heterocycles. The quantitative estimate of drug-likeness (QED) is 0.780. The molecular weight excluding hydrogens is 200 g/mol. The molecular formula is C10H9F2N3. The van der Waals surface area contributed by atoms with Crippen molar-refractivity contribution in [2.75, 3.05) is 5.73 Å². The van der Waals surface area contributed by atoms with Crippen LogP contribution in [0, 0.1) is 11.6 Å². The fourth-order valence-corrected chi connectivity index (χ4v) is 1.40. The zero-order chi connectivity index (χ0) is 11.0. The Kier molecular flexibility index (Phi) is 2.15. The van der Waals surface area contributed by atoms with E-state index in [0.717, 1.165) is 6.07 Å². The smallest absolute Gasteiger partial charge is 0.135 e. The predicted molar refractivity (Wildman–Crippen MR) is 53.0 cm³/mol. The molecule has 0 unspecified atom stereocenters. The van der Waals surface area contributed by atoms with Crippen molar-refractivity contribution in [2.45, 2.75) is 0 Å². The van der Waals surface area contributed by atoms with E-state index < -0.39 is 11.6 Å². The van der Waals surface area contributed by atoms with Crippen molar-refractivity contribution >= 4 is 5.69 Å². The molecule has 0 aliphatic heterocycles. The molecule has 5 heteroatoms. The minimum atomic E-state index is -0.666. The fourth-order valence-electron chi connectivity index (χ4n) is 1.40. The van der Waals surface area contributed by atoms with Crippen molar-refractivity contribution in [1.82, 2.24) is 9.78 Å². The lowest BCUT2D eigenvalue weighted by Gasteiger charge is -2.00. The van der Waals surface area contributed by atoms with Gasteiger partial charge in [-0.1, -0.05) is 0 Å². The van der Waals surface area contributed by atoms with Crippen LogP contribution in [0.25, 0.3) is 11.3 Å². The van der Waals surface area contributed by atoms with Crippen LogP contribution in [0.4, 0.5) is 14.5 Å². The Morgan fingerprint density at radius 1 is 1.33 bits per heavy atom. The van der Waals surface area contributed by atoms with Crippen molar-refractivity contribution in [3.05, 3.63) is 36.0 Å². The third-order valence-corrected chi connectivity index (χ3v) is 2.04. The molecule has 0 fully saturated rings. The summed E-state index contributed by atoms with van der Waals surface area (Å²) in [6, 6.07) is 3.30. The maximum absolute atomic E-state index is 13.4. The van der Waals surface area contributed by atoms with Crippen molar-refractivity contribution in [1.29, 1.82) is 0 Å².